The third kappa shape index (κ3) is 7.23. The maximum Gasteiger partial charge on any atom is 0.331 e. The molecule has 2 amide bonds. The number of carbonyl (C=O) groups excluding carboxylic acids is 3. The van der Waals surface area contributed by atoms with Crippen LogP contribution in [0.2, 0.25) is 5.02 Å². The van der Waals surface area contributed by atoms with E-state index in [1.165, 1.54) is 12.2 Å². The molecule has 0 aromatic heterocycles. The number of rotatable bonds is 7. The van der Waals surface area contributed by atoms with Crippen LogP contribution in [0.3, 0.4) is 0 Å². The highest BCUT2D eigenvalue weighted by Gasteiger charge is 2.11. The Balaban J connectivity index is 1.34. The molecule has 1 heterocycles. The number of halogens is 1. The van der Waals surface area contributed by atoms with Gasteiger partial charge in [0.1, 0.15) is 19.0 Å². The van der Waals surface area contributed by atoms with E-state index < -0.39 is 24.4 Å². The third-order valence-corrected chi connectivity index (χ3v) is 4.10. The molecule has 9 nitrogen and oxygen atoms in total. The van der Waals surface area contributed by atoms with Crippen molar-refractivity contribution in [3.05, 3.63) is 59.1 Å². The second-order valence-electron chi connectivity index (χ2n) is 6.18. The number of fused-ring (bicyclic) bond motifs is 1. The first kappa shape index (κ1) is 22.0. The largest absolute Gasteiger partial charge is 0.486 e. The summed E-state index contributed by atoms with van der Waals surface area (Å²) in [5.41, 5.74) is 4.98. The number of hydrogen-bond acceptors (Lipinski definition) is 7. The van der Waals surface area contributed by atoms with Crippen LogP contribution in [-0.4, -0.2) is 44.2 Å². The minimum absolute atomic E-state index is 0.319. The molecule has 2 aromatic carbocycles. The number of hydrazine groups is 1. The molecule has 2 aromatic rings. The monoisotopic (exact) mass is 446 g/mol. The van der Waals surface area contributed by atoms with Gasteiger partial charge in [-0.25, -0.2) is 4.79 Å². The Kier molecular flexibility index (Phi) is 7.72. The molecular formula is C21H19ClN2O7. The molecule has 0 radical (unpaired) electrons. The van der Waals surface area contributed by atoms with Crippen LogP contribution in [0.5, 0.6) is 17.2 Å². The predicted octanol–water partition coefficient (Wildman–Crippen LogP) is 1.89. The zero-order valence-electron chi connectivity index (χ0n) is 16.3. The summed E-state index contributed by atoms with van der Waals surface area (Å²) in [4.78, 5) is 35.1. The highest BCUT2D eigenvalue weighted by atomic mass is 35.5. The first-order valence-corrected chi connectivity index (χ1v) is 9.58. The fourth-order valence-corrected chi connectivity index (χ4v) is 2.53. The van der Waals surface area contributed by atoms with E-state index in [2.05, 4.69) is 10.9 Å². The Bertz CT molecular complexity index is 976. The van der Waals surface area contributed by atoms with Crippen LogP contribution >= 0.6 is 11.6 Å². The van der Waals surface area contributed by atoms with Crippen LogP contribution in [0, 0.1) is 0 Å². The standard InChI is InChI=1S/C21H19ClN2O7/c22-15-3-5-16(6-4-15)30-12-19(25)23-24-20(26)13-31-21(27)8-2-14-1-7-17-18(11-14)29-10-9-28-17/h1-8,11H,9-10,12-13H2,(H,23,25)(H,24,26)/b8-2+. The van der Waals surface area contributed by atoms with Crippen molar-refractivity contribution >= 4 is 35.5 Å². The van der Waals surface area contributed by atoms with Crippen LogP contribution in [0.25, 0.3) is 6.08 Å². The molecule has 0 saturated carbocycles. The van der Waals surface area contributed by atoms with Gasteiger partial charge in [-0.2, -0.15) is 0 Å². The van der Waals surface area contributed by atoms with Gasteiger partial charge in [0.25, 0.3) is 11.8 Å². The Morgan fingerprint density at radius 1 is 0.935 bits per heavy atom. The van der Waals surface area contributed by atoms with Crippen molar-refractivity contribution in [1.29, 1.82) is 0 Å². The second kappa shape index (κ2) is 10.9. The molecule has 0 spiro atoms. The van der Waals surface area contributed by atoms with Crippen LogP contribution in [0.15, 0.2) is 48.5 Å². The van der Waals surface area contributed by atoms with Crippen molar-refractivity contribution in [2.75, 3.05) is 26.4 Å². The van der Waals surface area contributed by atoms with Crippen LogP contribution < -0.4 is 25.1 Å². The highest BCUT2D eigenvalue weighted by Crippen LogP contribution is 2.31. The van der Waals surface area contributed by atoms with Gasteiger partial charge in [-0.3, -0.25) is 20.4 Å². The lowest BCUT2D eigenvalue weighted by Crippen LogP contribution is -2.45. The number of carbonyl (C=O) groups is 3. The second-order valence-corrected chi connectivity index (χ2v) is 6.62. The first-order valence-electron chi connectivity index (χ1n) is 9.20. The number of ether oxygens (including phenoxy) is 4. The van der Waals surface area contributed by atoms with Gasteiger partial charge in [-0.1, -0.05) is 17.7 Å². The van der Waals surface area contributed by atoms with Gasteiger partial charge in [-0.15, -0.1) is 0 Å². The van der Waals surface area contributed by atoms with E-state index in [-0.39, 0.29) is 6.61 Å². The normalized spacial score (nSPS) is 12.2. The summed E-state index contributed by atoms with van der Waals surface area (Å²) in [5.74, 6) is -0.332. The Morgan fingerprint density at radius 2 is 1.61 bits per heavy atom. The lowest BCUT2D eigenvalue weighted by Gasteiger charge is -2.18. The first-order chi connectivity index (χ1) is 15.0. The average molecular weight is 447 g/mol. The van der Waals surface area contributed by atoms with Gasteiger partial charge in [0.15, 0.2) is 24.7 Å². The molecule has 1 aliphatic heterocycles. The molecule has 0 bridgehead atoms. The molecular weight excluding hydrogens is 428 g/mol. The molecule has 0 fully saturated rings. The number of amides is 2. The minimum atomic E-state index is -0.720. The van der Waals surface area contributed by atoms with E-state index in [9.17, 15) is 14.4 Å². The molecule has 162 valence electrons. The van der Waals surface area contributed by atoms with Crippen molar-refractivity contribution in [3.63, 3.8) is 0 Å². The van der Waals surface area contributed by atoms with E-state index in [1.54, 1.807) is 42.5 Å². The molecule has 2 N–H and O–H groups in total. The number of esters is 1. The zero-order valence-corrected chi connectivity index (χ0v) is 17.0. The Morgan fingerprint density at radius 3 is 2.35 bits per heavy atom. The van der Waals surface area contributed by atoms with Gasteiger partial charge in [0.2, 0.25) is 0 Å². The molecule has 0 aliphatic carbocycles. The summed E-state index contributed by atoms with van der Waals surface area (Å²) in [7, 11) is 0. The molecule has 10 heteroatoms. The zero-order chi connectivity index (χ0) is 22.1. The van der Waals surface area contributed by atoms with E-state index in [4.69, 9.17) is 30.5 Å². The number of nitrogens with one attached hydrogen (secondary N) is 2. The Hall–Kier alpha value is -3.72. The van der Waals surface area contributed by atoms with E-state index >= 15 is 0 Å². The summed E-state index contributed by atoms with van der Waals surface area (Å²) < 4.78 is 20.9. The maximum absolute atomic E-state index is 11.8. The van der Waals surface area contributed by atoms with Crippen LogP contribution in [0.1, 0.15) is 5.56 Å². The summed E-state index contributed by atoms with van der Waals surface area (Å²) >= 11 is 5.76. The van der Waals surface area contributed by atoms with Crippen molar-refractivity contribution in [3.8, 4) is 17.2 Å². The fraction of sp³-hybridized carbons (Fsp3) is 0.190. The molecule has 3 rings (SSSR count). The maximum atomic E-state index is 11.8. The topological polar surface area (TPSA) is 112 Å². The summed E-state index contributed by atoms with van der Waals surface area (Å²) in [5, 5.41) is 0.541. The van der Waals surface area contributed by atoms with Crippen LogP contribution in [0.4, 0.5) is 0 Å². The predicted molar refractivity (Wildman–Crippen MR) is 111 cm³/mol. The van der Waals surface area contributed by atoms with E-state index in [1.807, 2.05) is 0 Å². The quantitative estimate of drug-likeness (QED) is 0.379. The SMILES string of the molecule is O=C(COC(=O)/C=C/c1ccc2c(c1)OCCO2)NNC(=O)COc1ccc(Cl)cc1. The molecule has 1 aliphatic rings. The van der Waals surface area contributed by atoms with Crippen molar-refractivity contribution < 1.29 is 33.3 Å². The molecule has 0 unspecified atom stereocenters. The van der Waals surface area contributed by atoms with E-state index in [0.29, 0.717) is 41.0 Å². The number of hydrogen-bond donors (Lipinski definition) is 2. The lowest BCUT2D eigenvalue weighted by atomic mass is 10.2. The molecule has 0 atom stereocenters. The van der Waals surface area contributed by atoms with Gasteiger partial charge < -0.3 is 18.9 Å². The minimum Gasteiger partial charge on any atom is -0.486 e. The molecule has 31 heavy (non-hydrogen) atoms. The Labute approximate surface area is 182 Å². The van der Waals surface area contributed by atoms with Crippen molar-refractivity contribution in [1.82, 2.24) is 10.9 Å². The van der Waals surface area contributed by atoms with Gasteiger partial charge in [-0.05, 0) is 48.0 Å². The van der Waals surface area contributed by atoms with Crippen LogP contribution in [-0.2, 0) is 19.1 Å². The fourth-order valence-electron chi connectivity index (χ4n) is 2.40. The van der Waals surface area contributed by atoms with Gasteiger partial charge in [0.05, 0.1) is 0 Å². The molecule has 0 saturated heterocycles. The summed E-state index contributed by atoms with van der Waals surface area (Å²) in [6.07, 6.45) is 2.70. The van der Waals surface area contributed by atoms with Crippen molar-refractivity contribution in [2.24, 2.45) is 0 Å². The summed E-state index contributed by atoms with van der Waals surface area (Å²) in [6.45, 7) is 0.0656. The smallest absolute Gasteiger partial charge is 0.331 e. The van der Waals surface area contributed by atoms with E-state index in [0.717, 1.165) is 0 Å². The third-order valence-electron chi connectivity index (χ3n) is 3.85. The average Bonchev–Trinajstić information content (AvgIpc) is 2.79. The highest BCUT2D eigenvalue weighted by molar-refractivity contribution is 6.30. The number of benzene rings is 2. The van der Waals surface area contributed by atoms with Crippen molar-refractivity contribution in [2.45, 2.75) is 0 Å². The van der Waals surface area contributed by atoms with Gasteiger partial charge in [0, 0.05) is 11.1 Å². The van der Waals surface area contributed by atoms with Gasteiger partial charge >= 0.3 is 5.97 Å². The summed E-state index contributed by atoms with van der Waals surface area (Å²) in [6, 6.07) is 11.7. The lowest BCUT2D eigenvalue weighted by molar-refractivity contribution is -0.144.